The predicted octanol–water partition coefficient (Wildman–Crippen LogP) is 1.30. The molecule has 0 aromatic carbocycles. The molecule has 1 heterocycles. The molecule has 1 unspecified atom stereocenters. The molecule has 0 aliphatic carbocycles. The van der Waals surface area contributed by atoms with Crippen molar-refractivity contribution in [2.45, 2.75) is 12.2 Å². The van der Waals surface area contributed by atoms with Crippen LogP contribution in [0, 0.1) is 0 Å². The smallest absolute Gasteiger partial charge is 0.328 e. The van der Waals surface area contributed by atoms with Crippen LogP contribution in [0.2, 0.25) is 0 Å². The first-order valence-corrected chi connectivity index (χ1v) is 3.39. The van der Waals surface area contributed by atoms with Crippen LogP contribution in [0.4, 0.5) is 0 Å². The fraction of sp³-hybridized carbons (Fsp3) is 0.286. The zero-order valence-electron chi connectivity index (χ0n) is 5.63. The number of hydrogen-bond donors (Lipinski definition) is 1. The van der Waals surface area contributed by atoms with Crippen molar-refractivity contribution in [1.29, 1.82) is 0 Å². The molecule has 1 rings (SSSR count). The Balaban J connectivity index is 2.81. The van der Waals surface area contributed by atoms with Gasteiger partial charge in [-0.2, -0.15) is 12.6 Å². The van der Waals surface area contributed by atoms with E-state index in [0.717, 1.165) is 11.1 Å². The fourth-order valence-electron chi connectivity index (χ4n) is 0.711. The highest BCUT2D eigenvalue weighted by molar-refractivity contribution is 7.82. The van der Waals surface area contributed by atoms with Crippen LogP contribution in [0.25, 0.3) is 0 Å². The molecule has 0 radical (unpaired) electrons. The molecule has 0 saturated heterocycles. The average Bonchev–Trinajstić information content (AvgIpc) is 2.14. The highest BCUT2D eigenvalue weighted by Crippen LogP contribution is 2.23. The largest absolute Gasteiger partial charge is 0.433 e. The Bertz CT molecular complexity index is 218. The Morgan fingerprint density at radius 1 is 1.90 bits per heavy atom. The number of allylic oxidation sites excluding steroid dienone is 1. The third-order valence-corrected chi connectivity index (χ3v) is 1.80. The second kappa shape index (κ2) is 2.50. The van der Waals surface area contributed by atoms with Crippen LogP contribution in [0.15, 0.2) is 24.0 Å². The minimum Gasteiger partial charge on any atom is -0.433 e. The third-order valence-electron chi connectivity index (χ3n) is 1.31. The first-order chi connectivity index (χ1) is 4.63. The summed E-state index contributed by atoms with van der Waals surface area (Å²) in [5.74, 6) is -0.318. The molecule has 3 heteroatoms. The first kappa shape index (κ1) is 7.41. The number of thiol groups is 1. The van der Waals surface area contributed by atoms with E-state index >= 15 is 0 Å². The van der Waals surface area contributed by atoms with Gasteiger partial charge in [0.15, 0.2) is 0 Å². The third kappa shape index (κ3) is 1.09. The van der Waals surface area contributed by atoms with Gasteiger partial charge in [-0.3, -0.25) is 4.79 Å². The van der Waals surface area contributed by atoms with E-state index in [1.54, 1.807) is 0 Å². The summed E-state index contributed by atoms with van der Waals surface area (Å²) >= 11 is 4.02. The Morgan fingerprint density at radius 3 is 2.70 bits per heavy atom. The topological polar surface area (TPSA) is 26.3 Å². The number of carbonyl (C=O) groups excluding carboxylic acids is 1. The maximum absolute atomic E-state index is 10.7. The molecule has 0 aromatic heterocycles. The van der Waals surface area contributed by atoms with Gasteiger partial charge in [-0.1, -0.05) is 12.2 Å². The first-order valence-electron chi connectivity index (χ1n) is 2.87. The molecule has 0 saturated carbocycles. The lowest BCUT2D eigenvalue weighted by molar-refractivity contribution is -0.134. The van der Waals surface area contributed by atoms with E-state index in [9.17, 15) is 4.79 Å². The van der Waals surface area contributed by atoms with Gasteiger partial charge in [-0.05, 0) is 6.92 Å². The van der Waals surface area contributed by atoms with Crippen molar-refractivity contribution in [2.24, 2.45) is 0 Å². The van der Waals surface area contributed by atoms with Crippen molar-refractivity contribution >= 4 is 18.6 Å². The molecule has 1 aliphatic heterocycles. The van der Waals surface area contributed by atoms with Crippen LogP contribution < -0.4 is 0 Å². The highest BCUT2D eigenvalue weighted by Gasteiger charge is 2.26. The lowest BCUT2D eigenvalue weighted by Crippen LogP contribution is -2.10. The number of hydrogen-bond acceptors (Lipinski definition) is 3. The second-order valence-corrected chi connectivity index (χ2v) is 2.71. The van der Waals surface area contributed by atoms with E-state index < -0.39 is 5.25 Å². The summed E-state index contributed by atoms with van der Waals surface area (Å²) in [5, 5.41) is -0.433. The summed E-state index contributed by atoms with van der Waals surface area (Å²) in [4.78, 5) is 10.7. The number of cyclic esters (lactones) is 1. The van der Waals surface area contributed by atoms with Crippen LogP contribution in [-0.4, -0.2) is 11.2 Å². The van der Waals surface area contributed by atoms with Crippen LogP contribution >= 0.6 is 12.6 Å². The fourth-order valence-corrected chi connectivity index (χ4v) is 1.05. The van der Waals surface area contributed by atoms with Crippen molar-refractivity contribution in [3.8, 4) is 0 Å². The molecular weight excluding hydrogens is 148 g/mol. The van der Waals surface area contributed by atoms with Gasteiger partial charge in [0.1, 0.15) is 5.25 Å². The SMILES string of the molecule is C=C(C)C1=COC(=O)C1S. The van der Waals surface area contributed by atoms with Crippen LogP contribution in [0.1, 0.15) is 6.92 Å². The molecule has 0 aromatic rings. The van der Waals surface area contributed by atoms with Gasteiger partial charge in [-0.25, -0.2) is 0 Å². The van der Waals surface area contributed by atoms with Gasteiger partial charge in [-0.15, -0.1) is 0 Å². The van der Waals surface area contributed by atoms with E-state index in [1.807, 2.05) is 6.92 Å². The molecule has 0 N–H and O–H groups in total. The van der Waals surface area contributed by atoms with E-state index in [0.29, 0.717) is 0 Å². The van der Waals surface area contributed by atoms with Crippen molar-refractivity contribution in [3.05, 3.63) is 24.0 Å². The van der Waals surface area contributed by atoms with Gasteiger partial charge in [0.2, 0.25) is 0 Å². The summed E-state index contributed by atoms with van der Waals surface area (Å²) in [6.07, 6.45) is 1.41. The van der Waals surface area contributed by atoms with E-state index in [2.05, 4.69) is 23.9 Å². The monoisotopic (exact) mass is 156 g/mol. The normalized spacial score (nSPS) is 24.0. The van der Waals surface area contributed by atoms with E-state index in [1.165, 1.54) is 6.26 Å². The summed E-state index contributed by atoms with van der Waals surface area (Å²) in [5.41, 5.74) is 1.60. The molecule has 1 atom stereocenters. The quantitative estimate of drug-likeness (QED) is 0.457. The van der Waals surface area contributed by atoms with Crippen LogP contribution in [-0.2, 0) is 9.53 Å². The molecule has 0 spiro atoms. The van der Waals surface area contributed by atoms with Crippen molar-refractivity contribution < 1.29 is 9.53 Å². The average molecular weight is 156 g/mol. The molecule has 1 aliphatic rings. The molecule has 10 heavy (non-hydrogen) atoms. The van der Waals surface area contributed by atoms with Crippen LogP contribution in [0.5, 0.6) is 0 Å². The minimum atomic E-state index is -0.433. The van der Waals surface area contributed by atoms with Gasteiger partial charge in [0, 0.05) is 5.57 Å². The molecular formula is C7H8O2S. The van der Waals surface area contributed by atoms with Crippen molar-refractivity contribution in [1.82, 2.24) is 0 Å². The highest BCUT2D eigenvalue weighted by atomic mass is 32.1. The maximum atomic E-state index is 10.7. The van der Waals surface area contributed by atoms with Gasteiger partial charge < -0.3 is 4.74 Å². The Kier molecular flexibility index (Phi) is 1.85. The summed E-state index contributed by atoms with van der Waals surface area (Å²) in [6, 6.07) is 0. The zero-order chi connectivity index (χ0) is 7.72. The number of ether oxygens (including phenoxy) is 1. The molecule has 54 valence electrons. The molecule has 2 nitrogen and oxygen atoms in total. The Hall–Kier alpha value is -0.700. The second-order valence-electron chi connectivity index (χ2n) is 2.19. The lowest BCUT2D eigenvalue weighted by Gasteiger charge is -2.00. The van der Waals surface area contributed by atoms with Crippen molar-refractivity contribution in [2.75, 3.05) is 0 Å². The molecule has 0 bridgehead atoms. The summed E-state index contributed by atoms with van der Waals surface area (Å²) in [7, 11) is 0. The van der Waals surface area contributed by atoms with Gasteiger partial charge >= 0.3 is 5.97 Å². The summed E-state index contributed by atoms with van der Waals surface area (Å²) < 4.78 is 4.60. The lowest BCUT2D eigenvalue weighted by atomic mass is 10.1. The van der Waals surface area contributed by atoms with E-state index in [4.69, 9.17) is 0 Å². The van der Waals surface area contributed by atoms with E-state index in [-0.39, 0.29) is 5.97 Å². The maximum Gasteiger partial charge on any atom is 0.328 e. The standard InChI is InChI=1S/C7H8O2S/c1-4(2)5-3-9-7(8)6(5)10/h3,6,10H,1H2,2H3. The number of carbonyl (C=O) groups is 1. The number of rotatable bonds is 1. The Morgan fingerprint density at radius 2 is 2.50 bits per heavy atom. The van der Waals surface area contributed by atoms with Gasteiger partial charge in [0.25, 0.3) is 0 Å². The minimum absolute atomic E-state index is 0.318. The van der Waals surface area contributed by atoms with Crippen molar-refractivity contribution in [3.63, 3.8) is 0 Å². The molecule has 0 amide bonds. The van der Waals surface area contributed by atoms with Gasteiger partial charge in [0.05, 0.1) is 6.26 Å². The predicted molar refractivity (Wildman–Crippen MR) is 41.8 cm³/mol. The number of esters is 1. The molecule has 0 fully saturated rings. The van der Waals surface area contributed by atoms with Crippen LogP contribution in [0.3, 0.4) is 0 Å². The summed E-state index contributed by atoms with van der Waals surface area (Å²) in [6.45, 7) is 5.49. The Labute approximate surface area is 65.0 Å². The zero-order valence-corrected chi connectivity index (χ0v) is 6.52.